The first-order valence-corrected chi connectivity index (χ1v) is 7.82. The van der Waals surface area contributed by atoms with Crippen molar-refractivity contribution in [2.45, 2.75) is 19.4 Å². The summed E-state index contributed by atoms with van der Waals surface area (Å²) in [6.07, 6.45) is 1.10. The van der Waals surface area contributed by atoms with Gasteiger partial charge in [0.05, 0.1) is 6.04 Å². The third-order valence-electron chi connectivity index (χ3n) is 2.68. The Hall–Kier alpha value is -0.330. The molecule has 0 radical (unpaired) electrons. The summed E-state index contributed by atoms with van der Waals surface area (Å²) >= 11 is 5.67. The average molecular weight is 420 g/mol. The van der Waals surface area contributed by atoms with Crippen LogP contribution in [0.3, 0.4) is 0 Å². The van der Waals surface area contributed by atoms with Crippen molar-refractivity contribution in [2.75, 3.05) is 6.54 Å². The summed E-state index contributed by atoms with van der Waals surface area (Å²) in [6, 6.07) is 12.6. The smallest absolute Gasteiger partial charge is 0.169 e. The highest BCUT2D eigenvalue weighted by Crippen LogP contribution is 2.26. The Bertz CT molecular complexity index is 495. The van der Waals surface area contributed by atoms with E-state index in [9.17, 15) is 0 Å². The van der Waals surface area contributed by atoms with Crippen LogP contribution in [-0.4, -0.2) is 6.54 Å². The fourth-order valence-electron chi connectivity index (χ4n) is 1.81. The summed E-state index contributed by atoms with van der Waals surface area (Å²) in [7, 11) is 0. The van der Waals surface area contributed by atoms with E-state index in [0.29, 0.717) is 0 Å². The van der Waals surface area contributed by atoms with E-state index in [2.05, 4.69) is 75.0 Å². The quantitative estimate of drug-likeness (QED) is 0.708. The molecule has 4 heteroatoms. The normalized spacial score (nSPS) is 12.6. The molecule has 1 atom stereocenters. The second-order valence-corrected chi connectivity index (χ2v) is 6.11. The zero-order valence-electron chi connectivity index (χ0n) is 10.1. The van der Waals surface area contributed by atoms with Gasteiger partial charge in [-0.1, -0.05) is 19.1 Å². The number of nitrogens with one attached hydrogen (secondary N) is 1. The Kier molecular flexibility index (Phi) is 5.26. The van der Waals surface area contributed by atoms with Crippen LogP contribution >= 0.6 is 38.5 Å². The van der Waals surface area contributed by atoms with Crippen LogP contribution in [0.2, 0.25) is 0 Å². The predicted octanol–water partition coefficient (Wildman–Crippen LogP) is 4.74. The lowest BCUT2D eigenvalue weighted by Crippen LogP contribution is -2.22. The minimum atomic E-state index is 0.119. The molecule has 0 amide bonds. The minimum absolute atomic E-state index is 0.119. The zero-order valence-corrected chi connectivity index (χ0v) is 13.9. The number of halogens is 2. The summed E-state index contributed by atoms with van der Waals surface area (Å²) in [5, 5.41) is 3.52. The number of hydrogen-bond acceptors (Lipinski definition) is 2. The monoisotopic (exact) mass is 419 g/mol. The molecule has 1 aromatic heterocycles. The number of furan rings is 1. The van der Waals surface area contributed by atoms with Crippen LogP contribution in [-0.2, 0) is 0 Å². The van der Waals surface area contributed by atoms with Gasteiger partial charge < -0.3 is 9.73 Å². The Morgan fingerprint density at radius 2 is 1.94 bits per heavy atom. The van der Waals surface area contributed by atoms with Gasteiger partial charge in [0.1, 0.15) is 5.76 Å². The maximum absolute atomic E-state index is 5.68. The SMILES string of the molecule is CCCNC(c1ccc(I)cc1)c1ccc(Br)o1. The highest BCUT2D eigenvalue weighted by molar-refractivity contribution is 14.1. The molecule has 2 rings (SSSR count). The van der Waals surface area contributed by atoms with Gasteiger partial charge in [0, 0.05) is 3.57 Å². The molecule has 96 valence electrons. The molecule has 0 saturated carbocycles. The summed E-state index contributed by atoms with van der Waals surface area (Å²) in [5.41, 5.74) is 1.23. The molecular weight excluding hydrogens is 405 g/mol. The predicted molar refractivity (Wildman–Crippen MR) is 85.7 cm³/mol. The zero-order chi connectivity index (χ0) is 13.0. The van der Waals surface area contributed by atoms with Gasteiger partial charge in [0.2, 0.25) is 0 Å². The van der Waals surface area contributed by atoms with Gasteiger partial charge in [-0.05, 0) is 81.3 Å². The molecule has 2 nitrogen and oxygen atoms in total. The van der Waals surface area contributed by atoms with Crippen molar-refractivity contribution in [2.24, 2.45) is 0 Å². The van der Waals surface area contributed by atoms with Crippen LogP contribution in [0.5, 0.6) is 0 Å². The standard InChI is InChI=1S/C14H15BrINO/c1-2-9-17-14(12-7-8-13(15)18-12)10-3-5-11(16)6-4-10/h3-8,14,17H,2,9H2,1H3. The maximum Gasteiger partial charge on any atom is 0.169 e. The molecule has 0 bridgehead atoms. The average Bonchev–Trinajstić information content (AvgIpc) is 2.78. The van der Waals surface area contributed by atoms with E-state index < -0.39 is 0 Å². The number of hydrogen-bond donors (Lipinski definition) is 1. The second-order valence-electron chi connectivity index (χ2n) is 4.08. The molecule has 0 saturated heterocycles. The van der Waals surface area contributed by atoms with Gasteiger partial charge >= 0.3 is 0 Å². The highest BCUT2D eigenvalue weighted by Gasteiger charge is 2.16. The third-order valence-corrected chi connectivity index (χ3v) is 3.83. The Balaban J connectivity index is 2.27. The number of rotatable bonds is 5. The van der Waals surface area contributed by atoms with Gasteiger partial charge in [-0.15, -0.1) is 0 Å². The largest absolute Gasteiger partial charge is 0.452 e. The Morgan fingerprint density at radius 1 is 1.22 bits per heavy atom. The van der Waals surface area contributed by atoms with Gasteiger partial charge in [0.25, 0.3) is 0 Å². The van der Waals surface area contributed by atoms with Gasteiger partial charge in [-0.3, -0.25) is 0 Å². The first kappa shape index (κ1) is 14.1. The van der Waals surface area contributed by atoms with Gasteiger partial charge in [-0.2, -0.15) is 0 Å². The summed E-state index contributed by atoms with van der Waals surface area (Å²) in [5.74, 6) is 0.941. The Labute approximate surface area is 129 Å². The lowest BCUT2D eigenvalue weighted by atomic mass is 10.0. The van der Waals surface area contributed by atoms with Crippen molar-refractivity contribution >= 4 is 38.5 Å². The fraction of sp³-hybridized carbons (Fsp3) is 0.286. The highest BCUT2D eigenvalue weighted by atomic mass is 127. The number of benzene rings is 1. The van der Waals surface area contributed by atoms with Crippen molar-refractivity contribution in [1.82, 2.24) is 5.32 Å². The molecule has 18 heavy (non-hydrogen) atoms. The molecule has 1 aromatic carbocycles. The maximum atomic E-state index is 5.68. The van der Waals surface area contributed by atoms with E-state index >= 15 is 0 Å². The molecule has 1 heterocycles. The molecule has 1 unspecified atom stereocenters. The van der Waals surface area contributed by atoms with Crippen LogP contribution in [0.4, 0.5) is 0 Å². The Morgan fingerprint density at radius 3 is 2.50 bits per heavy atom. The summed E-state index contributed by atoms with van der Waals surface area (Å²) in [4.78, 5) is 0. The van der Waals surface area contributed by atoms with Gasteiger partial charge in [0.15, 0.2) is 4.67 Å². The van der Waals surface area contributed by atoms with E-state index in [1.54, 1.807) is 0 Å². The molecular formula is C14H15BrINO. The van der Waals surface area contributed by atoms with Crippen molar-refractivity contribution in [3.63, 3.8) is 0 Å². The topological polar surface area (TPSA) is 25.2 Å². The van der Waals surface area contributed by atoms with E-state index in [0.717, 1.165) is 23.4 Å². The van der Waals surface area contributed by atoms with Crippen LogP contribution in [0, 0.1) is 3.57 Å². The first-order valence-electron chi connectivity index (χ1n) is 5.94. The van der Waals surface area contributed by atoms with Gasteiger partial charge in [-0.25, -0.2) is 0 Å². The lowest BCUT2D eigenvalue weighted by molar-refractivity contribution is 0.433. The molecule has 0 aliphatic heterocycles. The third kappa shape index (κ3) is 3.59. The van der Waals surface area contributed by atoms with Crippen molar-refractivity contribution in [3.05, 3.63) is 56.0 Å². The van der Waals surface area contributed by atoms with E-state index in [1.807, 2.05) is 12.1 Å². The lowest BCUT2D eigenvalue weighted by Gasteiger charge is -2.16. The van der Waals surface area contributed by atoms with Crippen LogP contribution in [0.15, 0.2) is 45.5 Å². The van der Waals surface area contributed by atoms with Crippen LogP contribution < -0.4 is 5.32 Å². The molecule has 1 N–H and O–H groups in total. The van der Waals surface area contributed by atoms with E-state index in [-0.39, 0.29) is 6.04 Å². The van der Waals surface area contributed by atoms with E-state index in [4.69, 9.17) is 4.42 Å². The second kappa shape index (κ2) is 6.73. The minimum Gasteiger partial charge on any atom is -0.452 e. The van der Waals surface area contributed by atoms with Crippen molar-refractivity contribution < 1.29 is 4.42 Å². The summed E-state index contributed by atoms with van der Waals surface area (Å²) < 4.78 is 7.69. The molecule has 0 fully saturated rings. The van der Waals surface area contributed by atoms with E-state index in [1.165, 1.54) is 9.13 Å². The molecule has 0 spiro atoms. The van der Waals surface area contributed by atoms with Crippen LogP contribution in [0.1, 0.15) is 30.7 Å². The van der Waals surface area contributed by atoms with Crippen molar-refractivity contribution in [3.8, 4) is 0 Å². The fourth-order valence-corrected chi connectivity index (χ4v) is 2.49. The van der Waals surface area contributed by atoms with Crippen molar-refractivity contribution in [1.29, 1.82) is 0 Å². The summed E-state index contributed by atoms with van der Waals surface area (Å²) in [6.45, 7) is 3.13. The first-order chi connectivity index (χ1) is 8.70. The molecule has 2 aromatic rings. The molecule has 0 aliphatic carbocycles. The van der Waals surface area contributed by atoms with Crippen LogP contribution in [0.25, 0.3) is 0 Å². The molecule has 0 aliphatic rings.